The number of hydrogen-bond acceptors (Lipinski definition) is 7. The van der Waals surface area contributed by atoms with Crippen LogP contribution in [0.2, 0.25) is 0 Å². The van der Waals surface area contributed by atoms with E-state index in [1.165, 1.54) is 23.1 Å². The first kappa shape index (κ1) is 22.4. The number of carbonyl (C=O) groups is 2. The number of anilines is 1. The maximum atomic E-state index is 13.2. The number of carboxylic acid groups (broad SMARTS) is 1. The number of likely N-dealkylation sites (tertiary alicyclic amines) is 1. The molecule has 1 fully saturated rings. The number of nitrogens with one attached hydrogen (secondary N) is 2. The van der Waals surface area contributed by atoms with Crippen LogP contribution >= 0.6 is 23.1 Å². The lowest BCUT2D eigenvalue weighted by Gasteiger charge is -2.29. The molecule has 0 spiro atoms. The summed E-state index contributed by atoms with van der Waals surface area (Å²) in [6.45, 7) is 8.86. The molecule has 0 unspecified atom stereocenters. The predicted octanol–water partition coefficient (Wildman–Crippen LogP) is 3.52. The Hall–Kier alpha value is -2.33. The standard InChI is InChI=1S/C20H25FN4O3S2/c1-11-12(2)19-16(30-20(24-19)23-10-18(27)28)8-15(11)29-13(3)22-9-17(26)25-6-4-14(21)5-7-25/h8,14,22H,3-7,9-10H2,1-2H3,(H,23,24)(H,27,28). The summed E-state index contributed by atoms with van der Waals surface area (Å²) in [6.07, 6.45) is -0.00358. The number of halogens is 1. The third-order valence-electron chi connectivity index (χ3n) is 5.04. The average molecular weight is 453 g/mol. The molecule has 1 aromatic carbocycles. The lowest BCUT2D eigenvalue weighted by atomic mass is 10.1. The summed E-state index contributed by atoms with van der Waals surface area (Å²) in [5.74, 6) is -0.993. The Morgan fingerprint density at radius 1 is 1.33 bits per heavy atom. The molecule has 2 heterocycles. The second kappa shape index (κ2) is 9.65. The molecule has 3 N–H and O–H groups in total. The van der Waals surface area contributed by atoms with Gasteiger partial charge in [0, 0.05) is 18.0 Å². The highest BCUT2D eigenvalue weighted by Crippen LogP contribution is 2.37. The van der Waals surface area contributed by atoms with Crippen molar-refractivity contribution in [2.75, 3.05) is 31.5 Å². The van der Waals surface area contributed by atoms with Crippen molar-refractivity contribution in [2.24, 2.45) is 0 Å². The summed E-state index contributed by atoms with van der Waals surface area (Å²) >= 11 is 2.84. The molecule has 1 amide bonds. The molecule has 1 aliphatic heterocycles. The third kappa shape index (κ3) is 5.42. The Balaban J connectivity index is 1.63. The molecule has 1 aromatic heterocycles. The minimum Gasteiger partial charge on any atom is -0.480 e. The number of hydrogen-bond donors (Lipinski definition) is 3. The Morgan fingerprint density at radius 2 is 2.03 bits per heavy atom. The van der Waals surface area contributed by atoms with Crippen molar-refractivity contribution in [1.29, 1.82) is 0 Å². The molecule has 0 bridgehead atoms. The van der Waals surface area contributed by atoms with Gasteiger partial charge in [0.2, 0.25) is 5.91 Å². The van der Waals surface area contributed by atoms with Crippen LogP contribution in [-0.4, -0.2) is 59.2 Å². The number of nitrogens with zero attached hydrogens (tertiary/aromatic N) is 2. The summed E-state index contributed by atoms with van der Waals surface area (Å²) in [5.41, 5.74) is 2.93. The van der Waals surface area contributed by atoms with Gasteiger partial charge in [0.15, 0.2) is 5.13 Å². The van der Waals surface area contributed by atoms with Gasteiger partial charge >= 0.3 is 5.97 Å². The number of piperidine rings is 1. The largest absolute Gasteiger partial charge is 0.480 e. The van der Waals surface area contributed by atoms with E-state index in [9.17, 15) is 14.0 Å². The van der Waals surface area contributed by atoms with E-state index in [4.69, 9.17) is 5.11 Å². The van der Waals surface area contributed by atoms with Crippen molar-refractivity contribution in [1.82, 2.24) is 15.2 Å². The topological polar surface area (TPSA) is 94.6 Å². The fourth-order valence-electron chi connectivity index (χ4n) is 3.17. The Morgan fingerprint density at radius 3 is 2.70 bits per heavy atom. The smallest absolute Gasteiger partial charge is 0.322 e. The summed E-state index contributed by atoms with van der Waals surface area (Å²) in [5, 5.41) is 15.9. The Bertz CT molecular complexity index is 971. The van der Waals surface area contributed by atoms with Crippen LogP contribution in [0.15, 0.2) is 22.6 Å². The number of thioether (sulfide) groups is 1. The monoisotopic (exact) mass is 452 g/mol. The molecule has 10 heteroatoms. The van der Waals surface area contributed by atoms with E-state index in [1.807, 2.05) is 19.9 Å². The van der Waals surface area contributed by atoms with Crippen molar-refractivity contribution in [3.63, 3.8) is 0 Å². The first-order valence-corrected chi connectivity index (χ1v) is 11.3. The number of carboxylic acids is 1. The Labute approximate surface area is 182 Å². The van der Waals surface area contributed by atoms with Gasteiger partial charge in [-0.15, -0.1) is 0 Å². The van der Waals surface area contributed by atoms with Crippen molar-refractivity contribution in [3.05, 3.63) is 28.8 Å². The second-order valence-electron chi connectivity index (χ2n) is 7.17. The fourth-order valence-corrected chi connectivity index (χ4v) is 5.10. The number of carbonyl (C=O) groups excluding carboxylic acids is 1. The number of alkyl halides is 1. The highest BCUT2D eigenvalue weighted by molar-refractivity contribution is 8.03. The number of thiazole rings is 1. The number of fused-ring (bicyclic) bond motifs is 1. The van der Waals surface area contributed by atoms with Gasteiger partial charge in [0.25, 0.3) is 0 Å². The van der Waals surface area contributed by atoms with Gasteiger partial charge in [-0.05, 0) is 43.9 Å². The van der Waals surface area contributed by atoms with Gasteiger partial charge in [-0.3, -0.25) is 9.59 Å². The maximum absolute atomic E-state index is 13.2. The minimum atomic E-state index is -0.940. The summed E-state index contributed by atoms with van der Waals surface area (Å²) in [6, 6.07) is 2.01. The fraction of sp³-hybridized carbons (Fsp3) is 0.450. The SMILES string of the molecule is C=C(NCC(=O)N1CCC(F)CC1)Sc1cc2sc(NCC(=O)O)nc2c(C)c1C. The van der Waals surface area contributed by atoms with Gasteiger partial charge in [-0.25, -0.2) is 9.37 Å². The normalized spacial score (nSPS) is 14.7. The van der Waals surface area contributed by atoms with E-state index >= 15 is 0 Å². The summed E-state index contributed by atoms with van der Waals surface area (Å²) < 4.78 is 14.2. The predicted molar refractivity (Wildman–Crippen MR) is 119 cm³/mol. The summed E-state index contributed by atoms with van der Waals surface area (Å²) in [4.78, 5) is 30.2. The van der Waals surface area contributed by atoms with Crippen molar-refractivity contribution in [2.45, 2.75) is 37.8 Å². The van der Waals surface area contributed by atoms with Crippen molar-refractivity contribution < 1.29 is 19.1 Å². The van der Waals surface area contributed by atoms with Crippen LogP contribution in [0.3, 0.4) is 0 Å². The number of amides is 1. The van der Waals surface area contributed by atoms with Crippen LogP contribution in [0.1, 0.15) is 24.0 Å². The highest BCUT2D eigenvalue weighted by Gasteiger charge is 2.22. The molecule has 162 valence electrons. The van der Waals surface area contributed by atoms with Crippen LogP contribution in [-0.2, 0) is 9.59 Å². The first-order valence-electron chi connectivity index (χ1n) is 9.63. The van der Waals surface area contributed by atoms with E-state index < -0.39 is 12.1 Å². The minimum absolute atomic E-state index is 0.0522. The average Bonchev–Trinajstić information content (AvgIpc) is 3.12. The van der Waals surface area contributed by atoms with E-state index in [-0.39, 0.29) is 19.0 Å². The van der Waals surface area contributed by atoms with Gasteiger partial charge in [-0.2, -0.15) is 0 Å². The van der Waals surface area contributed by atoms with Crippen LogP contribution in [0.25, 0.3) is 10.2 Å². The zero-order chi connectivity index (χ0) is 21.8. The Kier molecular flexibility index (Phi) is 7.19. The van der Waals surface area contributed by atoms with E-state index in [0.29, 0.717) is 36.1 Å². The van der Waals surface area contributed by atoms with Gasteiger partial charge < -0.3 is 20.6 Å². The third-order valence-corrected chi connectivity index (χ3v) is 7.04. The number of benzene rings is 1. The molecular formula is C20H25FN4O3S2. The summed E-state index contributed by atoms with van der Waals surface area (Å²) in [7, 11) is 0. The van der Waals surface area contributed by atoms with Crippen LogP contribution in [0, 0.1) is 13.8 Å². The van der Waals surface area contributed by atoms with Crippen molar-refractivity contribution in [3.8, 4) is 0 Å². The molecule has 0 atom stereocenters. The van der Waals surface area contributed by atoms with Crippen molar-refractivity contribution >= 4 is 50.3 Å². The molecule has 2 aromatic rings. The number of aromatic nitrogens is 1. The molecule has 0 aliphatic carbocycles. The first-order chi connectivity index (χ1) is 14.2. The van der Waals surface area contributed by atoms with Gasteiger partial charge in [-0.1, -0.05) is 29.7 Å². The maximum Gasteiger partial charge on any atom is 0.322 e. The van der Waals surface area contributed by atoms with Crippen LogP contribution < -0.4 is 10.6 Å². The quantitative estimate of drug-likeness (QED) is 0.528. The number of rotatable bonds is 8. The molecule has 30 heavy (non-hydrogen) atoms. The molecule has 0 saturated carbocycles. The highest BCUT2D eigenvalue weighted by atomic mass is 32.2. The second-order valence-corrected chi connectivity index (χ2v) is 9.34. The lowest BCUT2D eigenvalue weighted by molar-refractivity contribution is -0.135. The molecule has 3 rings (SSSR count). The van der Waals surface area contributed by atoms with Gasteiger partial charge in [0.1, 0.15) is 12.7 Å². The van der Waals surface area contributed by atoms with E-state index in [1.54, 1.807) is 4.90 Å². The van der Waals surface area contributed by atoms with Gasteiger partial charge in [0.05, 0.1) is 21.8 Å². The lowest BCUT2D eigenvalue weighted by Crippen LogP contribution is -2.43. The molecule has 7 nitrogen and oxygen atoms in total. The molecule has 0 radical (unpaired) electrons. The molecule has 1 saturated heterocycles. The molecule has 1 aliphatic rings. The number of aliphatic carboxylic acids is 1. The van der Waals surface area contributed by atoms with E-state index in [2.05, 4.69) is 22.2 Å². The molecular weight excluding hydrogens is 427 g/mol. The van der Waals surface area contributed by atoms with Crippen LogP contribution in [0.5, 0.6) is 0 Å². The van der Waals surface area contributed by atoms with Crippen LogP contribution in [0.4, 0.5) is 9.52 Å². The van der Waals surface area contributed by atoms with E-state index in [0.717, 1.165) is 26.2 Å². The zero-order valence-electron chi connectivity index (χ0n) is 17.0. The zero-order valence-corrected chi connectivity index (χ0v) is 18.6. The number of aryl methyl sites for hydroxylation is 1.